The molecule has 0 fully saturated rings. The van der Waals surface area contributed by atoms with Crippen LogP contribution in [0.25, 0.3) is 22.5 Å². The minimum atomic E-state index is -0.811. The molecule has 1 amide bonds. The van der Waals surface area contributed by atoms with Crippen LogP contribution in [0.4, 0.5) is 10.5 Å². The number of amides is 1. The van der Waals surface area contributed by atoms with Crippen molar-refractivity contribution in [1.29, 1.82) is 0 Å². The zero-order valence-corrected chi connectivity index (χ0v) is 20.6. The zero-order valence-electron chi connectivity index (χ0n) is 19.8. The molecule has 0 saturated carbocycles. The Morgan fingerprint density at radius 1 is 1.00 bits per heavy atom. The summed E-state index contributed by atoms with van der Waals surface area (Å²) in [5, 5.41) is 16.1. The molecule has 0 bridgehead atoms. The van der Waals surface area contributed by atoms with E-state index >= 15 is 0 Å². The topological polar surface area (TPSA) is 102 Å². The van der Waals surface area contributed by atoms with Crippen molar-refractivity contribution >= 4 is 29.4 Å². The summed E-state index contributed by atoms with van der Waals surface area (Å²) in [7, 11) is 0. The van der Waals surface area contributed by atoms with Gasteiger partial charge in [0, 0.05) is 22.6 Å². The predicted molar refractivity (Wildman–Crippen MR) is 138 cm³/mol. The van der Waals surface area contributed by atoms with Gasteiger partial charge in [-0.3, -0.25) is 10.1 Å². The minimum Gasteiger partial charge on any atom is -0.481 e. The van der Waals surface area contributed by atoms with E-state index in [1.54, 1.807) is 19.9 Å². The average molecular weight is 505 g/mol. The number of nitrogens with one attached hydrogen (secondary N) is 1. The number of hydrogen-bond donors (Lipinski definition) is 2. The summed E-state index contributed by atoms with van der Waals surface area (Å²) in [4.78, 5) is 23.4. The Morgan fingerprint density at radius 2 is 1.61 bits per heavy atom. The molecule has 2 N–H and O–H groups in total. The maximum Gasteiger partial charge on any atom is 0.412 e. The number of benzene rings is 3. The molecule has 1 atom stereocenters. The summed E-state index contributed by atoms with van der Waals surface area (Å²) in [6, 6.07) is 22.7. The molecule has 0 saturated heterocycles. The Hall–Kier alpha value is -4.10. The van der Waals surface area contributed by atoms with Gasteiger partial charge in [-0.05, 0) is 43.0 Å². The van der Waals surface area contributed by atoms with Crippen molar-refractivity contribution in [2.45, 2.75) is 32.8 Å². The van der Waals surface area contributed by atoms with Crippen LogP contribution in [0, 0.1) is 6.92 Å². The fraction of sp³-hybridized carbons (Fsp3) is 0.179. The molecular formula is C28H25ClN2O5. The molecule has 0 aliphatic rings. The zero-order chi connectivity index (χ0) is 25.7. The Morgan fingerprint density at radius 3 is 2.25 bits per heavy atom. The van der Waals surface area contributed by atoms with Gasteiger partial charge in [-0.15, -0.1) is 0 Å². The summed E-state index contributed by atoms with van der Waals surface area (Å²) < 4.78 is 11.0. The van der Waals surface area contributed by atoms with Gasteiger partial charge in [0.15, 0.2) is 5.76 Å². The molecule has 0 aliphatic heterocycles. The number of carboxylic acids is 1. The highest BCUT2D eigenvalue weighted by molar-refractivity contribution is 6.31. The summed E-state index contributed by atoms with van der Waals surface area (Å²) in [6.45, 7) is 3.49. The second kappa shape index (κ2) is 11.1. The van der Waals surface area contributed by atoms with Crippen LogP contribution in [0.15, 0.2) is 77.3 Å². The number of carbonyl (C=O) groups is 2. The van der Waals surface area contributed by atoms with Crippen molar-refractivity contribution in [2.24, 2.45) is 0 Å². The molecule has 0 aliphatic carbocycles. The number of nitrogens with zero attached hydrogens (tertiary/aromatic N) is 1. The van der Waals surface area contributed by atoms with E-state index in [0.29, 0.717) is 34.1 Å². The third kappa shape index (κ3) is 5.93. The molecule has 1 unspecified atom stereocenters. The lowest BCUT2D eigenvalue weighted by molar-refractivity contribution is -0.136. The number of halogens is 1. The van der Waals surface area contributed by atoms with E-state index in [4.69, 9.17) is 26.0 Å². The number of carbonyl (C=O) groups excluding carboxylic acids is 1. The van der Waals surface area contributed by atoms with Gasteiger partial charge in [0.25, 0.3) is 0 Å². The van der Waals surface area contributed by atoms with E-state index in [-0.39, 0.29) is 6.42 Å². The highest BCUT2D eigenvalue weighted by Crippen LogP contribution is 2.33. The van der Waals surface area contributed by atoms with Gasteiger partial charge >= 0.3 is 12.1 Å². The van der Waals surface area contributed by atoms with Crippen LogP contribution >= 0.6 is 11.6 Å². The normalized spacial score (nSPS) is 11.6. The number of aromatic nitrogens is 1. The molecule has 4 rings (SSSR count). The largest absolute Gasteiger partial charge is 0.481 e. The lowest BCUT2D eigenvalue weighted by Gasteiger charge is -2.15. The third-order valence-electron chi connectivity index (χ3n) is 5.78. The highest BCUT2D eigenvalue weighted by Gasteiger charge is 2.20. The maximum atomic E-state index is 12.6. The van der Waals surface area contributed by atoms with Gasteiger partial charge in [0.05, 0.1) is 0 Å². The Bertz CT molecular complexity index is 1360. The second-order valence-electron chi connectivity index (χ2n) is 8.33. The van der Waals surface area contributed by atoms with E-state index in [2.05, 4.69) is 10.5 Å². The predicted octanol–water partition coefficient (Wildman–Crippen LogP) is 7.30. The van der Waals surface area contributed by atoms with Crippen molar-refractivity contribution in [2.75, 3.05) is 5.32 Å². The SMILES string of the molecule is Cc1noc(-c2ccc(-c3ccc(CCC(=O)O)cc3)cc2)c1NC(=O)OC(C)c1ccccc1Cl. The molecule has 1 aromatic heterocycles. The van der Waals surface area contributed by atoms with Crippen LogP contribution in [0.3, 0.4) is 0 Å². The number of carboxylic acid groups (broad SMARTS) is 1. The first-order valence-corrected chi connectivity index (χ1v) is 11.8. The van der Waals surface area contributed by atoms with E-state index < -0.39 is 18.2 Å². The first kappa shape index (κ1) is 25.0. The lowest BCUT2D eigenvalue weighted by atomic mass is 10.0. The van der Waals surface area contributed by atoms with E-state index in [1.807, 2.05) is 66.7 Å². The molecule has 7 nitrogen and oxygen atoms in total. The monoisotopic (exact) mass is 504 g/mol. The molecule has 8 heteroatoms. The van der Waals surface area contributed by atoms with Crippen molar-refractivity contribution in [3.8, 4) is 22.5 Å². The Kier molecular flexibility index (Phi) is 7.71. The number of anilines is 1. The highest BCUT2D eigenvalue weighted by atomic mass is 35.5. The van der Waals surface area contributed by atoms with Crippen LogP contribution in [0.1, 0.15) is 36.3 Å². The number of aryl methyl sites for hydroxylation is 2. The van der Waals surface area contributed by atoms with Gasteiger partial charge in [0.1, 0.15) is 17.5 Å². The smallest absolute Gasteiger partial charge is 0.412 e. The van der Waals surface area contributed by atoms with Crippen LogP contribution < -0.4 is 5.32 Å². The fourth-order valence-electron chi connectivity index (χ4n) is 3.80. The molecule has 184 valence electrons. The van der Waals surface area contributed by atoms with Crippen LogP contribution in [-0.2, 0) is 16.0 Å². The van der Waals surface area contributed by atoms with Crippen molar-refractivity contribution < 1.29 is 24.0 Å². The fourth-order valence-corrected chi connectivity index (χ4v) is 4.09. The molecule has 0 spiro atoms. The first-order chi connectivity index (χ1) is 17.3. The Balaban J connectivity index is 1.46. The van der Waals surface area contributed by atoms with Crippen LogP contribution in [-0.4, -0.2) is 22.3 Å². The van der Waals surface area contributed by atoms with Gasteiger partial charge in [-0.1, -0.05) is 83.5 Å². The average Bonchev–Trinajstić information content (AvgIpc) is 3.23. The number of ether oxygens (including phenoxy) is 1. The van der Waals surface area contributed by atoms with E-state index in [0.717, 1.165) is 22.3 Å². The van der Waals surface area contributed by atoms with Gasteiger partial charge in [-0.25, -0.2) is 4.79 Å². The standard InChI is InChI=1S/C28H25ClN2O5/c1-17-26(30-28(34)35-18(2)23-5-3-4-6-24(23)29)27(36-31-17)22-14-12-21(13-15-22)20-10-7-19(8-11-20)9-16-25(32)33/h3-8,10-15,18H,9,16H2,1-2H3,(H,30,34)(H,32,33). The summed E-state index contributed by atoms with van der Waals surface area (Å²) >= 11 is 6.21. The molecular weight excluding hydrogens is 480 g/mol. The van der Waals surface area contributed by atoms with Gasteiger partial charge in [-0.2, -0.15) is 0 Å². The molecule has 4 aromatic rings. The van der Waals surface area contributed by atoms with E-state index in [1.165, 1.54) is 0 Å². The molecule has 1 heterocycles. The van der Waals surface area contributed by atoms with Crippen LogP contribution in [0.5, 0.6) is 0 Å². The minimum absolute atomic E-state index is 0.105. The Labute approximate surface area is 213 Å². The second-order valence-corrected chi connectivity index (χ2v) is 8.74. The summed E-state index contributed by atoms with van der Waals surface area (Å²) in [5.74, 6) is -0.389. The quantitative estimate of drug-likeness (QED) is 0.261. The maximum absolute atomic E-state index is 12.6. The third-order valence-corrected chi connectivity index (χ3v) is 6.12. The van der Waals surface area contributed by atoms with Gasteiger partial charge in [0.2, 0.25) is 0 Å². The van der Waals surface area contributed by atoms with Crippen LogP contribution in [0.2, 0.25) is 5.02 Å². The van der Waals surface area contributed by atoms with Crippen molar-refractivity contribution in [1.82, 2.24) is 5.16 Å². The molecule has 3 aromatic carbocycles. The van der Waals surface area contributed by atoms with E-state index in [9.17, 15) is 9.59 Å². The lowest BCUT2D eigenvalue weighted by Crippen LogP contribution is -2.17. The van der Waals surface area contributed by atoms with Crippen molar-refractivity contribution in [3.05, 3.63) is 94.6 Å². The summed E-state index contributed by atoms with van der Waals surface area (Å²) in [5.41, 5.74) is 5.37. The number of hydrogen-bond acceptors (Lipinski definition) is 5. The van der Waals surface area contributed by atoms with Crippen molar-refractivity contribution in [3.63, 3.8) is 0 Å². The first-order valence-electron chi connectivity index (χ1n) is 11.4. The summed E-state index contributed by atoms with van der Waals surface area (Å²) in [6.07, 6.45) is -0.589. The molecule has 36 heavy (non-hydrogen) atoms. The number of aliphatic carboxylic acids is 1. The molecule has 0 radical (unpaired) electrons. The number of rotatable bonds is 8. The van der Waals surface area contributed by atoms with Gasteiger partial charge < -0.3 is 14.4 Å².